The van der Waals surface area contributed by atoms with E-state index in [9.17, 15) is 4.79 Å². The lowest BCUT2D eigenvalue weighted by Gasteiger charge is -2.14. The lowest BCUT2D eigenvalue weighted by atomic mass is 10.4. The van der Waals surface area contributed by atoms with Crippen LogP contribution in [-0.2, 0) is 0 Å². The minimum absolute atomic E-state index is 0.313. The minimum atomic E-state index is -1.21. The van der Waals surface area contributed by atoms with E-state index in [1.807, 2.05) is 0 Å². The van der Waals surface area contributed by atoms with Gasteiger partial charge in [-0.05, 0) is 12.2 Å². The average molecular weight is 167 g/mol. The van der Waals surface area contributed by atoms with Crippen LogP contribution in [0.4, 0.5) is 4.79 Å². The molecule has 5 heteroatoms. The molecule has 0 aromatic carbocycles. The molecule has 0 radical (unpaired) electrons. The van der Waals surface area contributed by atoms with Gasteiger partial charge >= 0.3 is 6.09 Å². The molecule has 1 aliphatic heterocycles. The van der Waals surface area contributed by atoms with Crippen molar-refractivity contribution in [2.75, 3.05) is 0 Å². The van der Waals surface area contributed by atoms with Gasteiger partial charge in [-0.3, -0.25) is 0 Å². The Morgan fingerprint density at radius 1 is 1.50 bits per heavy atom. The number of nitrogens with one attached hydrogen (secondary N) is 1. The predicted octanol–water partition coefficient (Wildman–Crippen LogP) is 0.355. The number of rotatable bonds is 1. The summed E-state index contributed by atoms with van der Waals surface area (Å²) in [5, 5.41) is 11.8. The maximum atomic E-state index is 10.4. The van der Waals surface area contributed by atoms with Crippen LogP contribution in [-0.4, -0.2) is 16.2 Å². The van der Waals surface area contributed by atoms with Gasteiger partial charge in [-0.25, -0.2) is 10.6 Å². The highest BCUT2D eigenvalue weighted by molar-refractivity contribution is 5.66. The number of allylic oxidation sites excluding steroid dienone is 4. The first-order chi connectivity index (χ1) is 5.72. The molecule has 4 N–H and O–H groups in total. The van der Waals surface area contributed by atoms with E-state index >= 15 is 0 Å². The smallest absolute Gasteiger partial charge is 0.427 e. The summed E-state index contributed by atoms with van der Waals surface area (Å²) in [6, 6.07) is 0. The molecule has 1 aliphatic rings. The fourth-order valence-corrected chi connectivity index (χ4v) is 0.701. The van der Waals surface area contributed by atoms with Crippen molar-refractivity contribution in [2.24, 2.45) is 5.84 Å². The van der Waals surface area contributed by atoms with Crippen LogP contribution in [0, 0.1) is 0 Å². The average Bonchev–Trinajstić information content (AvgIpc) is 2.30. The Labute approximate surface area is 69.4 Å². The zero-order valence-corrected chi connectivity index (χ0v) is 6.27. The zero-order valence-electron chi connectivity index (χ0n) is 6.27. The van der Waals surface area contributed by atoms with Gasteiger partial charge in [0.25, 0.3) is 0 Å². The number of carboxylic acid groups (broad SMARTS) is 1. The Morgan fingerprint density at radius 3 is 2.92 bits per heavy atom. The summed E-state index contributed by atoms with van der Waals surface area (Å²) in [4.78, 5) is 10.4. The summed E-state index contributed by atoms with van der Waals surface area (Å²) in [7, 11) is 0. The van der Waals surface area contributed by atoms with Crippen LogP contribution in [0.2, 0.25) is 0 Å². The fourth-order valence-electron chi connectivity index (χ4n) is 0.701. The van der Waals surface area contributed by atoms with Crippen molar-refractivity contribution in [1.82, 2.24) is 10.3 Å². The van der Waals surface area contributed by atoms with Crippen molar-refractivity contribution < 1.29 is 9.90 Å². The second-order valence-electron chi connectivity index (χ2n) is 2.09. The highest BCUT2D eigenvalue weighted by Gasteiger charge is 2.10. The molecule has 0 aliphatic carbocycles. The standard InChI is InChI=1S/C7H9N3O2/c8-10(7(11)12)6-4-2-1-3-5-9-6/h1-5,9H,8H2,(H,11,12). The van der Waals surface area contributed by atoms with E-state index in [1.54, 1.807) is 30.5 Å². The Bertz CT molecular complexity index is 268. The van der Waals surface area contributed by atoms with Crippen LogP contribution in [0.1, 0.15) is 0 Å². The molecule has 5 nitrogen and oxygen atoms in total. The number of hydrazine groups is 1. The quantitative estimate of drug-likeness (QED) is 0.299. The molecule has 0 saturated carbocycles. The van der Waals surface area contributed by atoms with E-state index < -0.39 is 6.09 Å². The minimum Gasteiger partial charge on any atom is -0.464 e. The van der Waals surface area contributed by atoms with Crippen LogP contribution in [0.3, 0.4) is 0 Å². The Kier molecular flexibility index (Phi) is 2.49. The van der Waals surface area contributed by atoms with Crippen molar-refractivity contribution in [3.8, 4) is 0 Å². The number of nitrogens with two attached hydrogens (primary N) is 1. The normalized spacial score (nSPS) is 14.6. The van der Waals surface area contributed by atoms with Crippen molar-refractivity contribution >= 4 is 6.09 Å². The van der Waals surface area contributed by atoms with Crippen LogP contribution >= 0.6 is 0 Å². The Morgan fingerprint density at radius 2 is 2.25 bits per heavy atom. The van der Waals surface area contributed by atoms with Crippen LogP contribution < -0.4 is 11.2 Å². The van der Waals surface area contributed by atoms with E-state index in [0.717, 1.165) is 0 Å². The number of hydrogen-bond acceptors (Lipinski definition) is 3. The van der Waals surface area contributed by atoms with Gasteiger partial charge in [0.05, 0.1) is 0 Å². The zero-order chi connectivity index (χ0) is 8.97. The van der Waals surface area contributed by atoms with Gasteiger partial charge in [0.1, 0.15) is 5.82 Å². The Balaban J connectivity index is 2.74. The van der Waals surface area contributed by atoms with Gasteiger partial charge in [0, 0.05) is 6.20 Å². The topological polar surface area (TPSA) is 78.6 Å². The maximum absolute atomic E-state index is 10.4. The molecule has 0 bridgehead atoms. The molecular formula is C7H9N3O2. The molecule has 64 valence electrons. The number of amides is 1. The number of hydrogen-bond donors (Lipinski definition) is 3. The number of carbonyl (C=O) groups is 1. The summed E-state index contributed by atoms with van der Waals surface area (Å²) >= 11 is 0. The molecule has 12 heavy (non-hydrogen) atoms. The molecule has 0 unspecified atom stereocenters. The van der Waals surface area contributed by atoms with Gasteiger partial charge in [-0.1, -0.05) is 12.2 Å². The second kappa shape index (κ2) is 3.59. The summed E-state index contributed by atoms with van der Waals surface area (Å²) < 4.78 is 0. The van der Waals surface area contributed by atoms with Crippen LogP contribution in [0.15, 0.2) is 36.3 Å². The molecule has 0 spiro atoms. The van der Waals surface area contributed by atoms with E-state index in [1.165, 1.54) is 0 Å². The first-order valence-electron chi connectivity index (χ1n) is 3.29. The fraction of sp³-hybridized carbons (Fsp3) is 0. The molecule has 0 atom stereocenters. The largest absolute Gasteiger partial charge is 0.464 e. The first-order valence-corrected chi connectivity index (χ1v) is 3.29. The van der Waals surface area contributed by atoms with Crippen molar-refractivity contribution in [3.05, 3.63) is 36.3 Å². The molecule has 0 saturated heterocycles. The van der Waals surface area contributed by atoms with Gasteiger partial charge in [-0.15, -0.1) is 0 Å². The first kappa shape index (κ1) is 8.35. The SMILES string of the molecule is NN(C(=O)O)C1=CC=CC=CN1. The van der Waals surface area contributed by atoms with Gasteiger partial charge in [0.2, 0.25) is 0 Å². The summed E-state index contributed by atoms with van der Waals surface area (Å²) in [5.74, 6) is 5.51. The van der Waals surface area contributed by atoms with Gasteiger partial charge in [0.15, 0.2) is 0 Å². The highest BCUT2D eigenvalue weighted by Crippen LogP contribution is 1.98. The lowest BCUT2D eigenvalue weighted by Crippen LogP contribution is -2.39. The number of nitrogens with zero attached hydrogens (tertiary/aromatic N) is 1. The van der Waals surface area contributed by atoms with Crippen LogP contribution in [0.25, 0.3) is 0 Å². The molecule has 1 amide bonds. The molecule has 1 heterocycles. The van der Waals surface area contributed by atoms with Crippen LogP contribution in [0.5, 0.6) is 0 Å². The molecule has 1 rings (SSSR count). The van der Waals surface area contributed by atoms with Crippen molar-refractivity contribution in [2.45, 2.75) is 0 Å². The highest BCUT2D eigenvalue weighted by atomic mass is 16.4. The van der Waals surface area contributed by atoms with Crippen molar-refractivity contribution in [1.29, 1.82) is 0 Å². The monoisotopic (exact) mass is 167 g/mol. The molecule has 0 fully saturated rings. The van der Waals surface area contributed by atoms with E-state index in [2.05, 4.69) is 5.32 Å². The van der Waals surface area contributed by atoms with Crippen molar-refractivity contribution in [3.63, 3.8) is 0 Å². The van der Waals surface area contributed by atoms with E-state index in [4.69, 9.17) is 10.9 Å². The third-order valence-electron chi connectivity index (χ3n) is 1.27. The van der Waals surface area contributed by atoms with Gasteiger partial charge < -0.3 is 10.4 Å². The molecular weight excluding hydrogens is 158 g/mol. The Hall–Kier alpha value is -1.75. The lowest BCUT2D eigenvalue weighted by molar-refractivity contribution is 0.157. The predicted molar refractivity (Wildman–Crippen MR) is 43.5 cm³/mol. The van der Waals surface area contributed by atoms with Gasteiger partial charge in [-0.2, -0.15) is 5.01 Å². The van der Waals surface area contributed by atoms with E-state index in [0.29, 0.717) is 10.8 Å². The van der Waals surface area contributed by atoms with E-state index in [-0.39, 0.29) is 0 Å². The third-order valence-corrected chi connectivity index (χ3v) is 1.27. The summed E-state index contributed by atoms with van der Waals surface area (Å²) in [6.45, 7) is 0. The summed E-state index contributed by atoms with van der Waals surface area (Å²) in [6.07, 6.45) is 7.13. The second-order valence-corrected chi connectivity index (χ2v) is 2.09. The maximum Gasteiger partial charge on any atom is 0.427 e. The summed E-state index contributed by atoms with van der Waals surface area (Å²) in [5.41, 5.74) is 0. The third kappa shape index (κ3) is 1.86. The molecule has 0 aromatic heterocycles. The molecule has 0 aromatic rings.